The van der Waals surface area contributed by atoms with E-state index < -0.39 is 0 Å². The highest BCUT2D eigenvalue weighted by Gasteiger charge is 2.24. The molecule has 1 saturated heterocycles. The number of aryl methyl sites for hydroxylation is 3. The maximum Gasteiger partial charge on any atom is 0.226 e. The van der Waals surface area contributed by atoms with Gasteiger partial charge in [0.1, 0.15) is 17.5 Å². The molecule has 3 heterocycles. The molecule has 146 valence electrons. The molecule has 1 atom stereocenters. The number of anilines is 1. The Bertz CT molecular complexity index is 989. The predicted octanol–water partition coefficient (Wildman–Crippen LogP) is 2.70. The van der Waals surface area contributed by atoms with Crippen LogP contribution in [-0.2, 0) is 11.3 Å². The topological polar surface area (TPSA) is 69.0 Å². The lowest BCUT2D eigenvalue weighted by Crippen LogP contribution is -2.45. The van der Waals surface area contributed by atoms with Crippen LogP contribution < -0.4 is 4.90 Å². The Morgan fingerprint density at radius 3 is 2.75 bits per heavy atom. The first-order valence-electron chi connectivity index (χ1n) is 9.34. The van der Waals surface area contributed by atoms with E-state index >= 15 is 0 Å². The van der Waals surface area contributed by atoms with Crippen LogP contribution in [0.3, 0.4) is 0 Å². The van der Waals surface area contributed by atoms with E-state index in [-0.39, 0.29) is 11.9 Å². The SMILES string of the molecule is Cc1nc(C)n(CC2CN(c3ncc(C)c(-c4ccccc4F)n3)CCO2)n1. The summed E-state index contributed by atoms with van der Waals surface area (Å²) in [6.45, 7) is 8.22. The lowest BCUT2D eigenvalue weighted by molar-refractivity contribution is 0.0264. The number of aromatic nitrogens is 5. The largest absolute Gasteiger partial charge is 0.373 e. The molecule has 4 rings (SSSR count). The van der Waals surface area contributed by atoms with Gasteiger partial charge in [-0.1, -0.05) is 12.1 Å². The minimum Gasteiger partial charge on any atom is -0.373 e. The number of nitrogens with zero attached hydrogens (tertiary/aromatic N) is 6. The first kappa shape index (κ1) is 18.5. The van der Waals surface area contributed by atoms with Gasteiger partial charge >= 0.3 is 0 Å². The summed E-state index contributed by atoms with van der Waals surface area (Å²) in [5.74, 6) is 1.92. The van der Waals surface area contributed by atoms with Crippen LogP contribution in [0.4, 0.5) is 10.3 Å². The maximum atomic E-state index is 14.3. The smallest absolute Gasteiger partial charge is 0.226 e. The van der Waals surface area contributed by atoms with Crippen molar-refractivity contribution >= 4 is 5.95 Å². The Labute approximate surface area is 163 Å². The molecule has 0 saturated carbocycles. The fraction of sp³-hybridized carbons (Fsp3) is 0.400. The normalized spacial score (nSPS) is 17.1. The van der Waals surface area contributed by atoms with E-state index in [0.29, 0.717) is 43.4 Å². The van der Waals surface area contributed by atoms with E-state index in [0.717, 1.165) is 17.2 Å². The maximum absolute atomic E-state index is 14.3. The Kier molecular flexibility index (Phi) is 5.04. The van der Waals surface area contributed by atoms with Crippen LogP contribution in [0, 0.1) is 26.6 Å². The van der Waals surface area contributed by atoms with Gasteiger partial charge < -0.3 is 9.64 Å². The summed E-state index contributed by atoms with van der Waals surface area (Å²) in [4.78, 5) is 15.6. The fourth-order valence-electron chi connectivity index (χ4n) is 3.45. The second-order valence-electron chi connectivity index (χ2n) is 7.01. The summed E-state index contributed by atoms with van der Waals surface area (Å²) in [6.07, 6.45) is 1.70. The van der Waals surface area contributed by atoms with Gasteiger partial charge in [-0.05, 0) is 38.5 Å². The molecular weight excluding hydrogens is 359 g/mol. The van der Waals surface area contributed by atoms with Crippen LogP contribution in [0.25, 0.3) is 11.3 Å². The molecule has 0 spiro atoms. The van der Waals surface area contributed by atoms with Crippen LogP contribution >= 0.6 is 0 Å². The average molecular weight is 382 g/mol. The summed E-state index contributed by atoms with van der Waals surface area (Å²) in [5, 5.41) is 4.41. The molecule has 2 aromatic heterocycles. The highest BCUT2D eigenvalue weighted by atomic mass is 19.1. The highest BCUT2D eigenvalue weighted by Crippen LogP contribution is 2.26. The Balaban J connectivity index is 1.56. The fourth-order valence-corrected chi connectivity index (χ4v) is 3.45. The number of halogens is 1. The van der Waals surface area contributed by atoms with Crippen molar-refractivity contribution in [3.8, 4) is 11.3 Å². The number of hydrogen-bond acceptors (Lipinski definition) is 6. The standard InChI is InChI=1S/C20H23FN6O/c1-13-10-22-20(24-19(13)17-6-4-5-7-18(17)21)26-8-9-28-16(11-26)12-27-15(3)23-14(2)25-27/h4-7,10,16H,8-9,11-12H2,1-3H3. The average Bonchev–Trinajstić information content (AvgIpc) is 3.00. The summed E-state index contributed by atoms with van der Waals surface area (Å²) in [5.41, 5.74) is 1.95. The second kappa shape index (κ2) is 7.63. The van der Waals surface area contributed by atoms with Crippen molar-refractivity contribution in [2.24, 2.45) is 0 Å². The van der Waals surface area contributed by atoms with Gasteiger partial charge in [0.05, 0.1) is 24.9 Å². The minimum absolute atomic E-state index is 0.0460. The van der Waals surface area contributed by atoms with Crippen molar-refractivity contribution in [2.75, 3.05) is 24.6 Å². The van der Waals surface area contributed by atoms with Crippen molar-refractivity contribution in [3.63, 3.8) is 0 Å². The van der Waals surface area contributed by atoms with E-state index in [4.69, 9.17) is 4.74 Å². The van der Waals surface area contributed by atoms with Crippen LogP contribution in [0.5, 0.6) is 0 Å². The van der Waals surface area contributed by atoms with Crippen molar-refractivity contribution < 1.29 is 9.13 Å². The van der Waals surface area contributed by atoms with Gasteiger partial charge in [0.15, 0.2) is 0 Å². The molecule has 8 heteroatoms. The number of morpholine rings is 1. The van der Waals surface area contributed by atoms with E-state index in [1.807, 2.05) is 31.5 Å². The first-order valence-corrected chi connectivity index (χ1v) is 9.34. The van der Waals surface area contributed by atoms with E-state index in [1.165, 1.54) is 6.07 Å². The van der Waals surface area contributed by atoms with Crippen LogP contribution in [-0.4, -0.2) is 50.5 Å². The third kappa shape index (κ3) is 3.73. The van der Waals surface area contributed by atoms with Crippen molar-refractivity contribution in [2.45, 2.75) is 33.4 Å². The van der Waals surface area contributed by atoms with Gasteiger partial charge in [-0.25, -0.2) is 24.0 Å². The van der Waals surface area contributed by atoms with Crippen molar-refractivity contribution in [1.82, 2.24) is 24.7 Å². The molecule has 0 N–H and O–H groups in total. The zero-order chi connectivity index (χ0) is 19.7. The van der Waals surface area contributed by atoms with Gasteiger partial charge in [-0.15, -0.1) is 0 Å². The molecule has 0 bridgehead atoms. The molecule has 1 unspecified atom stereocenters. The zero-order valence-corrected chi connectivity index (χ0v) is 16.3. The summed E-state index contributed by atoms with van der Waals surface area (Å²) < 4.78 is 22.0. The molecule has 7 nitrogen and oxygen atoms in total. The quantitative estimate of drug-likeness (QED) is 0.691. The van der Waals surface area contributed by atoms with Gasteiger partial charge in [0.25, 0.3) is 0 Å². The monoisotopic (exact) mass is 382 g/mol. The number of benzene rings is 1. The Morgan fingerprint density at radius 1 is 1.18 bits per heavy atom. The first-order chi connectivity index (χ1) is 13.5. The molecule has 0 aliphatic carbocycles. The van der Waals surface area contributed by atoms with Crippen molar-refractivity contribution in [3.05, 3.63) is 53.5 Å². The molecule has 28 heavy (non-hydrogen) atoms. The van der Waals surface area contributed by atoms with Gasteiger partial charge in [0, 0.05) is 24.8 Å². The number of ether oxygens (including phenoxy) is 1. The molecule has 1 fully saturated rings. The zero-order valence-electron chi connectivity index (χ0n) is 16.3. The Hall–Kier alpha value is -2.87. The molecule has 1 aliphatic heterocycles. The molecule has 0 radical (unpaired) electrons. The van der Waals surface area contributed by atoms with E-state index in [9.17, 15) is 4.39 Å². The number of rotatable bonds is 4. The van der Waals surface area contributed by atoms with E-state index in [2.05, 4.69) is 25.0 Å². The molecular formula is C20H23FN6O. The molecule has 3 aromatic rings. The van der Waals surface area contributed by atoms with Crippen LogP contribution in [0.1, 0.15) is 17.2 Å². The minimum atomic E-state index is -0.285. The third-order valence-corrected chi connectivity index (χ3v) is 4.85. The lowest BCUT2D eigenvalue weighted by atomic mass is 10.1. The number of hydrogen-bond donors (Lipinski definition) is 0. The van der Waals surface area contributed by atoms with Crippen LogP contribution in [0.15, 0.2) is 30.5 Å². The van der Waals surface area contributed by atoms with Crippen molar-refractivity contribution in [1.29, 1.82) is 0 Å². The van der Waals surface area contributed by atoms with Crippen LogP contribution in [0.2, 0.25) is 0 Å². The summed E-state index contributed by atoms with van der Waals surface area (Å²) in [6, 6.07) is 6.68. The summed E-state index contributed by atoms with van der Waals surface area (Å²) >= 11 is 0. The summed E-state index contributed by atoms with van der Waals surface area (Å²) in [7, 11) is 0. The highest BCUT2D eigenvalue weighted by molar-refractivity contribution is 5.64. The second-order valence-corrected chi connectivity index (χ2v) is 7.01. The van der Waals surface area contributed by atoms with Gasteiger partial charge in [0.2, 0.25) is 5.95 Å². The van der Waals surface area contributed by atoms with E-state index in [1.54, 1.807) is 18.3 Å². The van der Waals surface area contributed by atoms with Gasteiger partial charge in [-0.3, -0.25) is 0 Å². The molecule has 1 aliphatic rings. The molecule has 0 amide bonds. The Morgan fingerprint density at radius 2 is 2.00 bits per heavy atom. The lowest BCUT2D eigenvalue weighted by Gasteiger charge is -2.33. The molecule has 1 aromatic carbocycles. The van der Waals surface area contributed by atoms with Gasteiger partial charge in [-0.2, -0.15) is 5.10 Å². The predicted molar refractivity (Wildman–Crippen MR) is 104 cm³/mol. The third-order valence-electron chi connectivity index (χ3n) is 4.85.